The molecule has 1 N–H and O–H groups in total. The molecule has 1 unspecified atom stereocenters. The van der Waals surface area contributed by atoms with Crippen molar-refractivity contribution in [3.05, 3.63) is 72.1 Å². The fourth-order valence-corrected chi connectivity index (χ4v) is 2.46. The van der Waals surface area contributed by atoms with Crippen LogP contribution in [0.3, 0.4) is 0 Å². The normalized spacial score (nSPS) is 10.3. The van der Waals surface area contributed by atoms with Crippen LogP contribution in [0, 0.1) is 25.8 Å². The first-order valence-electron chi connectivity index (χ1n) is 9.53. The Hall–Kier alpha value is -1.45. The number of anilines is 1. The number of carbonyl (C=O) groups excluding carboxylic acids is 3. The Bertz CT molecular complexity index is 754. The van der Waals surface area contributed by atoms with Crippen LogP contribution in [0.25, 0.3) is 0 Å². The van der Waals surface area contributed by atoms with Gasteiger partial charge in [0.15, 0.2) is 0 Å². The average molecular weight is 477 g/mol. The summed E-state index contributed by atoms with van der Waals surface area (Å²) in [5.41, 5.74) is 2.32. The summed E-state index contributed by atoms with van der Waals surface area (Å²) in [6.45, 7) is 14.1. The van der Waals surface area contributed by atoms with E-state index in [1.807, 2.05) is 38.7 Å². The molecule has 0 radical (unpaired) electrons. The summed E-state index contributed by atoms with van der Waals surface area (Å²) < 4.78 is 35.3. The van der Waals surface area contributed by atoms with Gasteiger partial charge in [0.1, 0.15) is 13.6 Å². The summed E-state index contributed by atoms with van der Waals surface area (Å²) in [7, 11) is 0. The summed E-state index contributed by atoms with van der Waals surface area (Å²) in [6, 6.07) is 12.8. The van der Waals surface area contributed by atoms with Crippen molar-refractivity contribution in [2.45, 2.75) is 46.2 Å². The number of hydrogen-bond acceptors (Lipinski definition) is 3. The standard InChI is InChI=1S/C15H22NO.C7H4F3.2CH2O.K/c1-5-7-13(6-2)15(17)16-14-9-8-11(3)12(4)10-14;8-7(9,10)6-4-2-1-3-5-6;2*1-2;/h8-10,13H,3,5-7H2,1-2,4H3,(H,16,17);1-2,4-5H;2*1H2;/q2*-1;;;+1. The minimum absolute atomic E-state index is 0. The molecule has 0 aliphatic heterocycles. The first-order chi connectivity index (χ1) is 14.7. The van der Waals surface area contributed by atoms with E-state index >= 15 is 0 Å². The third kappa shape index (κ3) is 14.6. The molecule has 0 saturated heterocycles. The van der Waals surface area contributed by atoms with Gasteiger partial charge in [-0.15, -0.1) is 5.56 Å². The number of rotatable bonds is 5. The van der Waals surface area contributed by atoms with Crippen LogP contribution < -0.4 is 56.7 Å². The number of carbonyl (C=O) groups is 3. The number of alkyl halides is 3. The van der Waals surface area contributed by atoms with Crippen molar-refractivity contribution in [2.75, 3.05) is 5.32 Å². The minimum Gasteiger partial charge on any atom is -0.328 e. The second-order valence-electron chi connectivity index (χ2n) is 6.31. The molecule has 0 heterocycles. The zero-order valence-electron chi connectivity index (χ0n) is 19.2. The molecule has 0 aliphatic rings. The third-order valence-electron chi connectivity index (χ3n) is 4.15. The Morgan fingerprint density at radius 1 is 1.16 bits per heavy atom. The number of aryl methyl sites for hydroxylation is 1. The van der Waals surface area contributed by atoms with Crippen LogP contribution in [0.1, 0.15) is 49.8 Å². The van der Waals surface area contributed by atoms with E-state index in [0.29, 0.717) is 0 Å². The average Bonchev–Trinajstić information content (AvgIpc) is 2.78. The molecule has 0 saturated carbocycles. The summed E-state index contributed by atoms with van der Waals surface area (Å²) >= 11 is 0. The molecule has 8 heteroatoms. The van der Waals surface area contributed by atoms with Gasteiger partial charge in [-0.2, -0.15) is 62.1 Å². The predicted octanol–water partition coefficient (Wildman–Crippen LogP) is 3.08. The zero-order valence-corrected chi connectivity index (χ0v) is 22.3. The van der Waals surface area contributed by atoms with Gasteiger partial charge in [-0.25, -0.2) is 0 Å². The minimum atomic E-state index is -4.24. The van der Waals surface area contributed by atoms with Crippen LogP contribution in [0.2, 0.25) is 0 Å². The fraction of sp³-hybridized carbons (Fsp3) is 0.333. The molecule has 0 aromatic heterocycles. The van der Waals surface area contributed by atoms with E-state index in [9.17, 15) is 18.0 Å². The molecule has 2 aromatic carbocycles. The van der Waals surface area contributed by atoms with Crippen molar-refractivity contribution >= 4 is 25.2 Å². The monoisotopic (exact) mass is 476 g/mol. The van der Waals surface area contributed by atoms with Crippen LogP contribution >= 0.6 is 0 Å². The zero-order chi connectivity index (χ0) is 24.4. The van der Waals surface area contributed by atoms with Gasteiger partial charge in [0.05, 0.1) is 0 Å². The largest absolute Gasteiger partial charge is 1.00 e. The molecule has 1 amide bonds. The number of halogens is 3. The molecule has 2 rings (SSSR count). The SMILES string of the molecule is C=O.C=O.FC(F)(F)c1c[c-]ccc1.[CH2-]c1ccc(NC(=O)C(CC)CCC)cc1C.[K+]. The van der Waals surface area contributed by atoms with E-state index in [4.69, 9.17) is 9.59 Å². The molecular weight excluding hydrogens is 446 g/mol. The van der Waals surface area contributed by atoms with Crippen LogP contribution in [-0.4, -0.2) is 19.5 Å². The quantitative estimate of drug-likeness (QED) is 0.533. The fourth-order valence-electron chi connectivity index (χ4n) is 2.46. The van der Waals surface area contributed by atoms with Crippen molar-refractivity contribution in [1.29, 1.82) is 0 Å². The molecule has 4 nitrogen and oxygen atoms in total. The van der Waals surface area contributed by atoms with Gasteiger partial charge in [-0.05, 0) is 12.8 Å². The first-order valence-corrected chi connectivity index (χ1v) is 9.53. The molecule has 0 bridgehead atoms. The Morgan fingerprint density at radius 2 is 1.75 bits per heavy atom. The number of nitrogens with one attached hydrogen (secondary N) is 1. The molecular formula is C24H30F3KNO3-. The molecule has 32 heavy (non-hydrogen) atoms. The van der Waals surface area contributed by atoms with Gasteiger partial charge >= 0.3 is 57.6 Å². The second kappa shape index (κ2) is 20.2. The molecule has 172 valence electrons. The molecule has 0 fully saturated rings. The van der Waals surface area contributed by atoms with E-state index in [0.717, 1.165) is 48.2 Å². The number of hydrogen-bond donors (Lipinski definition) is 1. The molecule has 0 aliphatic carbocycles. The van der Waals surface area contributed by atoms with Crippen molar-refractivity contribution < 1.29 is 78.9 Å². The van der Waals surface area contributed by atoms with Gasteiger partial charge in [0.25, 0.3) is 0 Å². The van der Waals surface area contributed by atoms with Crippen molar-refractivity contribution in [3.8, 4) is 0 Å². The maximum absolute atomic E-state index is 12.0. The maximum atomic E-state index is 12.0. The second-order valence-corrected chi connectivity index (χ2v) is 6.31. The smallest absolute Gasteiger partial charge is 0.328 e. The molecule has 0 spiro atoms. The Balaban J connectivity index is -0.000000480. The van der Waals surface area contributed by atoms with E-state index in [-0.39, 0.29) is 63.2 Å². The van der Waals surface area contributed by atoms with E-state index in [1.54, 1.807) is 0 Å². The predicted molar refractivity (Wildman–Crippen MR) is 117 cm³/mol. The van der Waals surface area contributed by atoms with Crippen molar-refractivity contribution in [1.82, 2.24) is 0 Å². The maximum Gasteiger partial charge on any atom is 1.00 e. The van der Waals surface area contributed by atoms with Crippen molar-refractivity contribution in [2.24, 2.45) is 5.92 Å². The third-order valence-corrected chi connectivity index (χ3v) is 4.15. The summed E-state index contributed by atoms with van der Waals surface area (Å²) in [5.74, 6) is 0.255. The Morgan fingerprint density at radius 3 is 2.12 bits per heavy atom. The van der Waals surface area contributed by atoms with E-state index < -0.39 is 11.7 Å². The summed E-state index contributed by atoms with van der Waals surface area (Å²) in [4.78, 5) is 28.0. The number of amides is 1. The van der Waals surface area contributed by atoms with Crippen LogP contribution in [0.15, 0.2) is 42.5 Å². The van der Waals surface area contributed by atoms with Gasteiger partial charge < -0.3 is 14.9 Å². The number of benzene rings is 2. The summed E-state index contributed by atoms with van der Waals surface area (Å²) in [6.07, 6.45) is -1.35. The van der Waals surface area contributed by atoms with Gasteiger partial charge in [-0.1, -0.05) is 44.9 Å². The first kappa shape index (κ1) is 35.1. The Labute approximate surface area is 231 Å². The van der Waals surface area contributed by atoms with Crippen LogP contribution in [0.4, 0.5) is 18.9 Å². The topological polar surface area (TPSA) is 63.2 Å². The van der Waals surface area contributed by atoms with Gasteiger partial charge in [-0.3, -0.25) is 4.79 Å². The summed E-state index contributed by atoms with van der Waals surface area (Å²) in [5, 5.41) is 2.98. The van der Waals surface area contributed by atoms with Gasteiger partial charge in [0, 0.05) is 11.6 Å². The van der Waals surface area contributed by atoms with E-state index in [2.05, 4.69) is 32.2 Å². The van der Waals surface area contributed by atoms with Crippen LogP contribution in [0.5, 0.6) is 0 Å². The van der Waals surface area contributed by atoms with Gasteiger partial charge in [0.2, 0.25) is 5.91 Å². The van der Waals surface area contributed by atoms with Crippen LogP contribution in [-0.2, 0) is 20.6 Å². The Kier molecular flexibility index (Phi) is 22.2. The molecule has 2 aromatic rings. The van der Waals surface area contributed by atoms with E-state index in [1.165, 1.54) is 12.1 Å². The van der Waals surface area contributed by atoms with Crippen molar-refractivity contribution in [3.63, 3.8) is 0 Å². The molecule has 1 atom stereocenters.